The third kappa shape index (κ3) is 3.57. The van der Waals surface area contributed by atoms with Gasteiger partial charge in [0.15, 0.2) is 0 Å². The minimum Gasteiger partial charge on any atom is -0.387 e. The largest absolute Gasteiger partial charge is 0.387 e. The molecule has 1 aromatic carbocycles. The number of aromatic nitrogens is 2. The van der Waals surface area contributed by atoms with Gasteiger partial charge in [0.2, 0.25) is 0 Å². The van der Waals surface area contributed by atoms with Gasteiger partial charge in [-0.15, -0.1) is 0 Å². The first-order valence-electron chi connectivity index (χ1n) is 6.70. The van der Waals surface area contributed by atoms with Crippen LogP contribution in [0.5, 0.6) is 0 Å². The van der Waals surface area contributed by atoms with E-state index in [-0.39, 0.29) is 5.69 Å². The highest BCUT2D eigenvalue weighted by Gasteiger charge is 2.12. The van der Waals surface area contributed by atoms with Gasteiger partial charge in [-0.05, 0) is 24.1 Å². The van der Waals surface area contributed by atoms with Gasteiger partial charge >= 0.3 is 0 Å². The van der Waals surface area contributed by atoms with Crippen LogP contribution in [0.4, 0.5) is 11.4 Å². The molecule has 0 amide bonds. The number of rotatable bonds is 6. The highest BCUT2D eigenvalue weighted by Crippen LogP contribution is 2.20. The number of anilines is 1. The predicted octanol–water partition coefficient (Wildman–Crippen LogP) is 2.04. The van der Waals surface area contributed by atoms with E-state index >= 15 is 0 Å². The van der Waals surface area contributed by atoms with Crippen molar-refractivity contribution in [1.29, 1.82) is 0 Å². The van der Waals surface area contributed by atoms with Gasteiger partial charge in [-0.2, -0.15) is 5.10 Å². The second-order valence-electron chi connectivity index (χ2n) is 4.76. The number of nitrogens with one attached hydrogen (secondary N) is 1. The van der Waals surface area contributed by atoms with Gasteiger partial charge in [0.05, 0.1) is 22.4 Å². The predicted molar refractivity (Wildman–Crippen MR) is 79.1 cm³/mol. The Kier molecular flexibility index (Phi) is 4.54. The molecule has 112 valence electrons. The molecule has 2 aromatic rings. The van der Waals surface area contributed by atoms with E-state index < -0.39 is 11.0 Å². The van der Waals surface area contributed by atoms with Crippen molar-refractivity contribution in [2.45, 2.75) is 19.4 Å². The van der Waals surface area contributed by atoms with E-state index in [1.54, 1.807) is 16.8 Å². The molecular weight excluding hydrogens is 272 g/mol. The molecule has 0 saturated heterocycles. The minimum atomic E-state index is -0.740. The monoisotopic (exact) mass is 290 g/mol. The van der Waals surface area contributed by atoms with Crippen molar-refractivity contribution in [3.63, 3.8) is 0 Å². The van der Waals surface area contributed by atoms with Crippen LogP contribution in [0.1, 0.15) is 24.3 Å². The number of non-ortho nitro benzene ring substituents is 1. The van der Waals surface area contributed by atoms with Crippen LogP contribution in [0.15, 0.2) is 30.5 Å². The van der Waals surface area contributed by atoms with Crippen LogP contribution in [0.25, 0.3) is 0 Å². The molecule has 0 aliphatic carbocycles. The summed E-state index contributed by atoms with van der Waals surface area (Å²) in [7, 11) is 1.84. The fourth-order valence-electron chi connectivity index (χ4n) is 2.09. The number of nitrogens with zero attached hydrogens (tertiary/aromatic N) is 3. The van der Waals surface area contributed by atoms with E-state index in [2.05, 4.69) is 10.4 Å². The van der Waals surface area contributed by atoms with Gasteiger partial charge in [0.25, 0.3) is 5.69 Å². The number of benzene rings is 1. The van der Waals surface area contributed by atoms with E-state index in [1.807, 2.05) is 20.2 Å². The fraction of sp³-hybridized carbons (Fsp3) is 0.357. The third-order valence-corrected chi connectivity index (χ3v) is 3.21. The summed E-state index contributed by atoms with van der Waals surface area (Å²) < 4.78 is 1.72. The zero-order valence-corrected chi connectivity index (χ0v) is 12.0. The van der Waals surface area contributed by atoms with Crippen LogP contribution in [-0.2, 0) is 13.5 Å². The molecule has 7 nitrogen and oxygen atoms in total. The molecule has 1 unspecified atom stereocenters. The number of hydrogen-bond acceptors (Lipinski definition) is 5. The highest BCUT2D eigenvalue weighted by atomic mass is 16.6. The first-order chi connectivity index (χ1) is 10.0. The summed E-state index contributed by atoms with van der Waals surface area (Å²) in [5.74, 6) is 0. The van der Waals surface area contributed by atoms with Gasteiger partial charge in [-0.3, -0.25) is 14.8 Å². The highest BCUT2D eigenvalue weighted by molar-refractivity contribution is 5.46. The Morgan fingerprint density at radius 2 is 2.10 bits per heavy atom. The second kappa shape index (κ2) is 6.36. The molecule has 0 bridgehead atoms. The topological polar surface area (TPSA) is 93.2 Å². The van der Waals surface area contributed by atoms with Crippen LogP contribution >= 0.6 is 0 Å². The Morgan fingerprint density at radius 1 is 1.43 bits per heavy atom. The van der Waals surface area contributed by atoms with Crippen molar-refractivity contribution in [3.05, 3.63) is 51.8 Å². The maximum atomic E-state index is 10.6. The number of aliphatic hydroxyl groups excluding tert-OH is 1. The Balaban J connectivity index is 2.00. The Bertz CT molecular complexity index is 622. The summed E-state index contributed by atoms with van der Waals surface area (Å²) in [6.45, 7) is 2.33. The van der Waals surface area contributed by atoms with E-state index in [0.717, 1.165) is 17.8 Å². The molecule has 0 radical (unpaired) electrons. The third-order valence-electron chi connectivity index (χ3n) is 3.21. The first kappa shape index (κ1) is 15.0. The summed E-state index contributed by atoms with van der Waals surface area (Å²) in [6.07, 6.45) is 1.92. The molecule has 21 heavy (non-hydrogen) atoms. The summed E-state index contributed by atoms with van der Waals surface area (Å²) in [4.78, 5) is 10.1. The van der Waals surface area contributed by atoms with Gasteiger partial charge in [-0.1, -0.05) is 6.92 Å². The average molecular weight is 290 g/mol. The molecular formula is C14H18N4O3. The van der Waals surface area contributed by atoms with Gasteiger partial charge in [0, 0.05) is 31.9 Å². The van der Waals surface area contributed by atoms with Crippen LogP contribution in [0.2, 0.25) is 0 Å². The van der Waals surface area contributed by atoms with Crippen LogP contribution in [0, 0.1) is 10.1 Å². The molecule has 0 aliphatic heterocycles. The second-order valence-corrected chi connectivity index (χ2v) is 4.76. The lowest BCUT2D eigenvalue weighted by Gasteiger charge is -2.12. The molecule has 2 rings (SSSR count). The maximum Gasteiger partial charge on any atom is 0.269 e. The van der Waals surface area contributed by atoms with E-state index in [1.165, 1.54) is 12.1 Å². The molecule has 2 N–H and O–H groups in total. The van der Waals surface area contributed by atoms with Gasteiger partial charge in [0.1, 0.15) is 0 Å². The molecule has 1 heterocycles. The Labute approximate surface area is 122 Å². The summed E-state index contributed by atoms with van der Waals surface area (Å²) in [6, 6.07) is 5.91. The molecule has 0 aliphatic rings. The SMILES string of the molecule is CCc1nn(C)cc1NCC(O)c1ccc([N+](=O)[O-])cc1. The van der Waals surface area contributed by atoms with E-state index in [0.29, 0.717) is 12.1 Å². The summed E-state index contributed by atoms with van der Waals surface area (Å²) >= 11 is 0. The van der Waals surface area contributed by atoms with Crippen molar-refractivity contribution >= 4 is 11.4 Å². The lowest BCUT2D eigenvalue weighted by atomic mass is 10.1. The Hall–Kier alpha value is -2.41. The minimum absolute atomic E-state index is 0.0134. The lowest BCUT2D eigenvalue weighted by molar-refractivity contribution is -0.384. The van der Waals surface area contributed by atoms with Crippen LogP contribution in [-0.4, -0.2) is 26.4 Å². The maximum absolute atomic E-state index is 10.6. The smallest absolute Gasteiger partial charge is 0.269 e. The number of aryl methyl sites for hydroxylation is 2. The molecule has 0 saturated carbocycles. The number of nitro groups is 1. The summed E-state index contributed by atoms with van der Waals surface area (Å²) in [5, 5.41) is 28.2. The molecule has 7 heteroatoms. The number of aliphatic hydroxyl groups is 1. The van der Waals surface area contributed by atoms with Gasteiger partial charge < -0.3 is 10.4 Å². The molecule has 1 aromatic heterocycles. The molecule has 0 fully saturated rings. The van der Waals surface area contributed by atoms with Crippen LogP contribution in [0.3, 0.4) is 0 Å². The van der Waals surface area contributed by atoms with Crippen molar-refractivity contribution in [2.24, 2.45) is 7.05 Å². The standard InChI is InChI=1S/C14H18N4O3/c1-3-12-13(9-17(2)16-12)15-8-14(19)10-4-6-11(7-5-10)18(20)21/h4-7,9,14-15,19H,3,8H2,1-2H3. The first-order valence-corrected chi connectivity index (χ1v) is 6.70. The van der Waals surface area contributed by atoms with E-state index in [4.69, 9.17) is 0 Å². The van der Waals surface area contributed by atoms with Crippen molar-refractivity contribution in [2.75, 3.05) is 11.9 Å². The Morgan fingerprint density at radius 3 is 2.67 bits per heavy atom. The zero-order chi connectivity index (χ0) is 15.4. The van der Waals surface area contributed by atoms with Crippen LogP contribution < -0.4 is 5.32 Å². The number of hydrogen-bond donors (Lipinski definition) is 2. The van der Waals surface area contributed by atoms with Crippen molar-refractivity contribution < 1.29 is 10.0 Å². The van der Waals surface area contributed by atoms with E-state index in [9.17, 15) is 15.2 Å². The van der Waals surface area contributed by atoms with Crippen molar-refractivity contribution in [3.8, 4) is 0 Å². The normalized spacial score (nSPS) is 12.1. The quantitative estimate of drug-likeness (QED) is 0.627. The fourth-order valence-corrected chi connectivity index (χ4v) is 2.09. The number of nitro benzene ring substituents is 1. The molecule has 0 spiro atoms. The van der Waals surface area contributed by atoms with Gasteiger partial charge in [-0.25, -0.2) is 0 Å². The van der Waals surface area contributed by atoms with Crippen molar-refractivity contribution in [1.82, 2.24) is 9.78 Å². The average Bonchev–Trinajstić information content (AvgIpc) is 2.85. The zero-order valence-electron chi connectivity index (χ0n) is 12.0. The molecule has 1 atom stereocenters. The lowest BCUT2D eigenvalue weighted by Crippen LogP contribution is -2.12. The summed E-state index contributed by atoms with van der Waals surface area (Å²) in [5.41, 5.74) is 2.48.